The number of hydrogen-bond donors (Lipinski definition) is 1. The maximum atomic E-state index is 3.68. The summed E-state index contributed by atoms with van der Waals surface area (Å²) in [5, 5.41) is 3.68. The Bertz CT molecular complexity index is 287. The predicted molar refractivity (Wildman–Crippen MR) is 53.4 cm³/mol. The average molecular weight is 173 g/mol. The van der Waals surface area contributed by atoms with Gasteiger partial charge in [-0.15, -0.1) is 0 Å². The molecule has 3 saturated carbocycles. The highest BCUT2D eigenvalue weighted by Gasteiger charge is 2.55. The van der Waals surface area contributed by atoms with Gasteiger partial charge >= 0.3 is 0 Å². The summed E-state index contributed by atoms with van der Waals surface area (Å²) in [5.41, 5.74) is 1.98. The van der Waals surface area contributed by atoms with Crippen molar-refractivity contribution in [3.05, 3.63) is 35.9 Å². The normalized spacial score (nSPS) is 34.9. The van der Waals surface area contributed by atoms with Crippen molar-refractivity contribution in [2.75, 3.05) is 0 Å². The van der Waals surface area contributed by atoms with Gasteiger partial charge in [0.25, 0.3) is 0 Å². The maximum Gasteiger partial charge on any atom is 0.0210 e. The van der Waals surface area contributed by atoms with E-state index in [9.17, 15) is 0 Å². The van der Waals surface area contributed by atoms with E-state index in [0.29, 0.717) is 5.54 Å². The van der Waals surface area contributed by atoms with Gasteiger partial charge in [0, 0.05) is 12.1 Å². The topological polar surface area (TPSA) is 12.0 Å². The zero-order valence-corrected chi connectivity index (χ0v) is 7.79. The molecule has 1 heteroatoms. The first-order valence-electron chi connectivity index (χ1n) is 5.15. The van der Waals surface area contributed by atoms with Gasteiger partial charge in [0.1, 0.15) is 0 Å². The third-order valence-corrected chi connectivity index (χ3v) is 3.55. The van der Waals surface area contributed by atoms with E-state index < -0.39 is 0 Å². The molecule has 0 radical (unpaired) electrons. The zero-order chi connectivity index (χ0) is 8.73. The summed E-state index contributed by atoms with van der Waals surface area (Å²) in [4.78, 5) is 0. The molecule has 1 aromatic rings. The smallest absolute Gasteiger partial charge is 0.0210 e. The number of hydrogen-bond acceptors (Lipinski definition) is 1. The molecule has 3 fully saturated rings. The summed E-state index contributed by atoms with van der Waals surface area (Å²) < 4.78 is 0. The van der Waals surface area contributed by atoms with Crippen LogP contribution in [0.2, 0.25) is 0 Å². The lowest BCUT2D eigenvalue weighted by Crippen LogP contribution is -2.66. The van der Waals surface area contributed by atoms with Crippen LogP contribution in [0.25, 0.3) is 0 Å². The summed E-state index contributed by atoms with van der Waals surface area (Å²) in [6, 6.07) is 10.7. The van der Waals surface area contributed by atoms with Gasteiger partial charge in [0.05, 0.1) is 0 Å². The van der Waals surface area contributed by atoms with Crippen molar-refractivity contribution in [1.82, 2.24) is 5.32 Å². The molecule has 0 aliphatic heterocycles. The van der Waals surface area contributed by atoms with Crippen molar-refractivity contribution in [1.29, 1.82) is 0 Å². The molecule has 0 unspecified atom stereocenters. The zero-order valence-electron chi connectivity index (χ0n) is 7.79. The monoisotopic (exact) mass is 173 g/mol. The second kappa shape index (κ2) is 2.58. The fourth-order valence-corrected chi connectivity index (χ4v) is 2.58. The molecule has 3 aliphatic rings. The van der Waals surface area contributed by atoms with Crippen LogP contribution >= 0.6 is 0 Å². The molecule has 1 aromatic carbocycles. The van der Waals surface area contributed by atoms with Gasteiger partial charge < -0.3 is 5.32 Å². The number of rotatable bonds is 3. The van der Waals surface area contributed by atoms with Crippen LogP contribution in [-0.4, -0.2) is 5.54 Å². The second-order valence-corrected chi connectivity index (χ2v) is 4.60. The minimum Gasteiger partial charge on any atom is -0.307 e. The Morgan fingerprint density at radius 3 is 2.38 bits per heavy atom. The molecule has 68 valence electrons. The minimum absolute atomic E-state index is 0.570. The Kier molecular flexibility index (Phi) is 1.50. The van der Waals surface area contributed by atoms with Gasteiger partial charge in [-0.25, -0.2) is 0 Å². The Labute approximate surface area is 79.2 Å². The van der Waals surface area contributed by atoms with Crippen LogP contribution in [0, 0.1) is 5.92 Å². The quantitative estimate of drug-likeness (QED) is 0.739. The summed E-state index contributed by atoms with van der Waals surface area (Å²) in [6.45, 7) is 1.05. The fraction of sp³-hybridized carbons (Fsp3) is 0.500. The van der Waals surface area contributed by atoms with Gasteiger partial charge in [-0.3, -0.25) is 0 Å². The maximum absolute atomic E-state index is 3.68. The first-order valence-corrected chi connectivity index (χ1v) is 5.15. The van der Waals surface area contributed by atoms with Gasteiger partial charge in [-0.1, -0.05) is 30.3 Å². The summed E-state index contributed by atoms with van der Waals surface area (Å²) >= 11 is 0. The summed E-state index contributed by atoms with van der Waals surface area (Å²) in [7, 11) is 0. The lowest BCUT2D eigenvalue weighted by molar-refractivity contribution is -0.0520. The third kappa shape index (κ3) is 1.19. The minimum atomic E-state index is 0.570. The van der Waals surface area contributed by atoms with Gasteiger partial charge in [-0.05, 0) is 30.7 Å². The van der Waals surface area contributed by atoms with E-state index >= 15 is 0 Å². The molecule has 3 aliphatic carbocycles. The first kappa shape index (κ1) is 7.57. The highest BCUT2D eigenvalue weighted by molar-refractivity contribution is 5.18. The molecule has 13 heavy (non-hydrogen) atoms. The van der Waals surface area contributed by atoms with Crippen LogP contribution in [0.3, 0.4) is 0 Å². The largest absolute Gasteiger partial charge is 0.307 e. The molecule has 0 spiro atoms. The van der Waals surface area contributed by atoms with Crippen LogP contribution in [0.4, 0.5) is 0 Å². The number of nitrogens with one attached hydrogen (secondary N) is 1. The molecule has 2 bridgehead atoms. The van der Waals surface area contributed by atoms with E-state index in [4.69, 9.17) is 0 Å². The van der Waals surface area contributed by atoms with Crippen molar-refractivity contribution >= 4 is 0 Å². The standard InChI is InChI=1S/C12H15N/c1-2-4-10(5-3-1)9-13-12-6-11(7-12)8-12/h1-5,11,13H,6-9H2. The van der Waals surface area contributed by atoms with E-state index in [1.807, 2.05) is 0 Å². The molecule has 0 saturated heterocycles. The molecule has 4 rings (SSSR count). The lowest BCUT2D eigenvalue weighted by Gasteiger charge is -2.62. The van der Waals surface area contributed by atoms with Crippen LogP contribution < -0.4 is 5.32 Å². The van der Waals surface area contributed by atoms with Crippen LogP contribution in [0.1, 0.15) is 24.8 Å². The number of benzene rings is 1. The Hall–Kier alpha value is -0.820. The summed E-state index contributed by atoms with van der Waals surface area (Å²) in [6.07, 6.45) is 4.29. The predicted octanol–water partition coefficient (Wildman–Crippen LogP) is 2.33. The Balaban J connectivity index is 1.58. The SMILES string of the molecule is c1ccc(CNC23CC(C2)C3)cc1. The third-order valence-electron chi connectivity index (χ3n) is 3.55. The summed E-state index contributed by atoms with van der Waals surface area (Å²) in [5.74, 6) is 1.07. The van der Waals surface area contributed by atoms with Crippen LogP contribution in [0.15, 0.2) is 30.3 Å². The Morgan fingerprint density at radius 2 is 1.85 bits per heavy atom. The molecule has 0 atom stereocenters. The van der Waals surface area contributed by atoms with E-state index in [2.05, 4.69) is 35.6 Å². The van der Waals surface area contributed by atoms with E-state index in [1.165, 1.54) is 24.8 Å². The first-order chi connectivity index (χ1) is 6.36. The molecular weight excluding hydrogens is 158 g/mol. The molecule has 0 heterocycles. The van der Waals surface area contributed by atoms with Crippen LogP contribution in [-0.2, 0) is 6.54 Å². The highest BCUT2D eigenvalue weighted by Crippen LogP contribution is 2.56. The molecular formula is C12H15N. The van der Waals surface area contributed by atoms with Gasteiger partial charge in [0.2, 0.25) is 0 Å². The van der Waals surface area contributed by atoms with Crippen molar-refractivity contribution in [2.45, 2.75) is 31.3 Å². The molecule has 0 amide bonds. The Morgan fingerprint density at radius 1 is 1.15 bits per heavy atom. The van der Waals surface area contributed by atoms with Crippen molar-refractivity contribution in [2.24, 2.45) is 5.92 Å². The second-order valence-electron chi connectivity index (χ2n) is 4.60. The average Bonchev–Trinajstić information content (AvgIpc) is 2.01. The fourth-order valence-electron chi connectivity index (χ4n) is 2.58. The van der Waals surface area contributed by atoms with Crippen molar-refractivity contribution in [3.63, 3.8) is 0 Å². The molecule has 1 nitrogen and oxygen atoms in total. The van der Waals surface area contributed by atoms with E-state index in [1.54, 1.807) is 0 Å². The van der Waals surface area contributed by atoms with Crippen molar-refractivity contribution in [3.8, 4) is 0 Å². The molecule has 0 aromatic heterocycles. The van der Waals surface area contributed by atoms with Crippen molar-refractivity contribution < 1.29 is 0 Å². The van der Waals surface area contributed by atoms with Crippen LogP contribution in [0.5, 0.6) is 0 Å². The van der Waals surface area contributed by atoms with Gasteiger partial charge in [0.15, 0.2) is 0 Å². The lowest BCUT2D eigenvalue weighted by atomic mass is 9.50. The van der Waals surface area contributed by atoms with E-state index in [0.717, 1.165) is 12.5 Å². The van der Waals surface area contributed by atoms with E-state index in [-0.39, 0.29) is 0 Å². The van der Waals surface area contributed by atoms with Gasteiger partial charge in [-0.2, -0.15) is 0 Å². The molecule has 1 N–H and O–H groups in total. The highest BCUT2D eigenvalue weighted by atomic mass is 15.0.